The van der Waals surface area contributed by atoms with Crippen LogP contribution in [0.15, 0.2) is 42.7 Å². The van der Waals surface area contributed by atoms with Gasteiger partial charge in [-0.2, -0.15) is 5.10 Å². The lowest BCUT2D eigenvalue weighted by Crippen LogP contribution is -2.23. The van der Waals surface area contributed by atoms with Crippen molar-refractivity contribution in [2.75, 3.05) is 24.7 Å². The molecule has 1 aliphatic heterocycles. The molecule has 0 spiro atoms. The third-order valence-electron chi connectivity index (χ3n) is 4.99. The Morgan fingerprint density at radius 1 is 1.32 bits per heavy atom. The summed E-state index contributed by atoms with van der Waals surface area (Å²) in [6.45, 7) is 0.0204. The summed E-state index contributed by atoms with van der Waals surface area (Å²) >= 11 is 0. The van der Waals surface area contributed by atoms with E-state index in [1.807, 2.05) is 6.07 Å². The number of carboxylic acid groups (broad SMARTS) is 1. The lowest BCUT2D eigenvalue weighted by atomic mass is 10.0. The summed E-state index contributed by atoms with van der Waals surface area (Å²) in [4.78, 5) is 13.5. The fourth-order valence-electron chi connectivity index (χ4n) is 3.77. The lowest BCUT2D eigenvalue weighted by molar-refractivity contribution is 0.0699. The Balaban J connectivity index is 1.73. The van der Waals surface area contributed by atoms with Gasteiger partial charge in [0.15, 0.2) is 0 Å². The van der Waals surface area contributed by atoms with Gasteiger partial charge in [-0.1, -0.05) is 0 Å². The standard InChI is InChI=1S/C20H19F2N3O3/c21-6-9-28-19-4-3-13(22)10-15(19)17-2-1-7-24(17)14-5-8-25-18(11-14)16(12-23-25)20(26)27/h3-5,8,10-12,17H,1-2,6-7,9H2,(H,26,27)/t17-/m1/s1. The summed E-state index contributed by atoms with van der Waals surface area (Å²) in [5.74, 6) is -0.960. The number of benzene rings is 1. The first-order valence-electron chi connectivity index (χ1n) is 9.04. The molecule has 1 fully saturated rings. The number of carbonyl (C=O) groups is 1. The second-order valence-electron chi connectivity index (χ2n) is 6.65. The number of pyridine rings is 1. The van der Waals surface area contributed by atoms with E-state index in [9.17, 15) is 18.7 Å². The van der Waals surface area contributed by atoms with Crippen LogP contribution >= 0.6 is 0 Å². The second kappa shape index (κ2) is 7.46. The molecule has 0 aliphatic carbocycles. The highest BCUT2D eigenvalue weighted by Crippen LogP contribution is 2.40. The van der Waals surface area contributed by atoms with Crippen LogP contribution in [0.2, 0.25) is 0 Å². The lowest BCUT2D eigenvalue weighted by Gasteiger charge is -2.28. The van der Waals surface area contributed by atoms with Crippen molar-refractivity contribution in [3.63, 3.8) is 0 Å². The molecule has 6 nitrogen and oxygen atoms in total. The van der Waals surface area contributed by atoms with Crippen LogP contribution in [0.4, 0.5) is 14.5 Å². The van der Waals surface area contributed by atoms with Gasteiger partial charge in [0, 0.05) is 24.0 Å². The summed E-state index contributed by atoms with van der Waals surface area (Å²) < 4.78 is 33.5. The Hall–Kier alpha value is -3.16. The molecule has 1 saturated heterocycles. The normalized spacial score (nSPS) is 16.6. The Bertz CT molecular complexity index is 1020. The largest absolute Gasteiger partial charge is 0.490 e. The van der Waals surface area contributed by atoms with Crippen molar-refractivity contribution in [3.8, 4) is 5.75 Å². The molecule has 146 valence electrons. The van der Waals surface area contributed by atoms with Crippen molar-refractivity contribution in [2.45, 2.75) is 18.9 Å². The molecule has 28 heavy (non-hydrogen) atoms. The van der Waals surface area contributed by atoms with Crippen molar-refractivity contribution in [1.82, 2.24) is 9.61 Å². The highest BCUT2D eigenvalue weighted by Gasteiger charge is 2.29. The van der Waals surface area contributed by atoms with Gasteiger partial charge in [0.1, 0.15) is 30.4 Å². The van der Waals surface area contributed by atoms with Gasteiger partial charge in [-0.05, 0) is 43.2 Å². The van der Waals surface area contributed by atoms with E-state index >= 15 is 0 Å². The fraction of sp³-hybridized carbons (Fsp3) is 0.300. The maximum Gasteiger partial charge on any atom is 0.339 e. The van der Waals surface area contributed by atoms with E-state index in [-0.39, 0.29) is 24.0 Å². The Morgan fingerprint density at radius 2 is 2.18 bits per heavy atom. The quantitative estimate of drug-likeness (QED) is 0.696. The summed E-state index contributed by atoms with van der Waals surface area (Å²) in [6.07, 6.45) is 4.70. The predicted molar refractivity (Wildman–Crippen MR) is 99.3 cm³/mol. The van der Waals surface area contributed by atoms with E-state index in [0.29, 0.717) is 16.8 Å². The van der Waals surface area contributed by atoms with Crippen LogP contribution in [0.1, 0.15) is 34.8 Å². The minimum Gasteiger partial charge on any atom is -0.490 e. The predicted octanol–water partition coefficient (Wildman–Crippen LogP) is 3.86. The molecule has 1 aromatic carbocycles. The molecule has 0 bridgehead atoms. The minimum absolute atomic E-state index is 0.0882. The summed E-state index contributed by atoms with van der Waals surface area (Å²) in [6, 6.07) is 7.73. The van der Waals surface area contributed by atoms with Crippen molar-refractivity contribution in [3.05, 3.63) is 59.7 Å². The highest BCUT2D eigenvalue weighted by molar-refractivity contribution is 5.95. The smallest absolute Gasteiger partial charge is 0.339 e. The molecule has 2 aromatic heterocycles. The number of carboxylic acids is 1. The van der Waals surface area contributed by atoms with Gasteiger partial charge < -0.3 is 14.7 Å². The van der Waals surface area contributed by atoms with Gasteiger partial charge >= 0.3 is 5.97 Å². The van der Waals surface area contributed by atoms with Gasteiger partial charge in [0.25, 0.3) is 0 Å². The molecular weight excluding hydrogens is 368 g/mol. The molecule has 1 N–H and O–H groups in total. The van der Waals surface area contributed by atoms with Crippen LogP contribution in [0.3, 0.4) is 0 Å². The maximum atomic E-state index is 13.9. The zero-order chi connectivity index (χ0) is 19.7. The van der Waals surface area contributed by atoms with Gasteiger partial charge in [-0.25, -0.2) is 18.1 Å². The monoisotopic (exact) mass is 387 g/mol. The van der Waals surface area contributed by atoms with Crippen LogP contribution < -0.4 is 9.64 Å². The van der Waals surface area contributed by atoms with Gasteiger partial charge in [-0.15, -0.1) is 0 Å². The first kappa shape index (κ1) is 18.2. The number of rotatable bonds is 6. The first-order valence-corrected chi connectivity index (χ1v) is 9.04. The van der Waals surface area contributed by atoms with Crippen LogP contribution in [0, 0.1) is 5.82 Å². The number of alkyl halides is 1. The third kappa shape index (κ3) is 3.26. The molecule has 1 atom stereocenters. The van der Waals surface area contributed by atoms with Crippen molar-refractivity contribution < 1.29 is 23.4 Å². The van der Waals surface area contributed by atoms with E-state index in [2.05, 4.69) is 10.00 Å². The van der Waals surface area contributed by atoms with E-state index in [1.165, 1.54) is 28.9 Å². The molecule has 3 heterocycles. The zero-order valence-electron chi connectivity index (χ0n) is 15.0. The topological polar surface area (TPSA) is 67.1 Å². The number of halogens is 2. The van der Waals surface area contributed by atoms with Crippen molar-refractivity contribution in [1.29, 1.82) is 0 Å². The van der Waals surface area contributed by atoms with Crippen LogP contribution in [-0.2, 0) is 0 Å². The number of nitrogens with zero attached hydrogens (tertiary/aromatic N) is 3. The summed E-state index contributed by atoms with van der Waals surface area (Å²) in [7, 11) is 0. The molecule has 1 aliphatic rings. The molecule has 0 amide bonds. The number of anilines is 1. The number of fused-ring (bicyclic) bond motifs is 1. The average Bonchev–Trinajstić information content (AvgIpc) is 3.33. The van der Waals surface area contributed by atoms with E-state index in [4.69, 9.17) is 4.74 Å². The van der Waals surface area contributed by atoms with Crippen LogP contribution in [-0.4, -0.2) is 40.5 Å². The molecule has 8 heteroatoms. The number of aromatic nitrogens is 2. The highest BCUT2D eigenvalue weighted by atomic mass is 19.1. The van der Waals surface area contributed by atoms with Gasteiger partial charge in [-0.3, -0.25) is 0 Å². The minimum atomic E-state index is -1.04. The average molecular weight is 387 g/mol. The van der Waals surface area contributed by atoms with Crippen molar-refractivity contribution >= 4 is 17.2 Å². The summed E-state index contributed by atoms with van der Waals surface area (Å²) in [5, 5.41) is 13.4. The number of ether oxygens (including phenoxy) is 1. The third-order valence-corrected chi connectivity index (χ3v) is 4.99. The van der Waals surface area contributed by atoms with Gasteiger partial charge in [0.05, 0.1) is 17.8 Å². The first-order chi connectivity index (χ1) is 13.6. The number of hydrogen-bond donors (Lipinski definition) is 1. The Morgan fingerprint density at radius 3 is 2.96 bits per heavy atom. The maximum absolute atomic E-state index is 13.9. The second-order valence-corrected chi connectivity index (χ2v) is 6.65. The number of aromatic carboxylic acids is 1. The van der Waals surface area contributed by atoms with E-state index < -0.39 is 12.6 Å². The Kier molecular flexibility index (Phi) is 4.85. The van der Waals surface area contributed by atoms with Crippen LogP contribution in [0.25, 0.3) is 5.52 Å². The molecular formula is C20H19F2N3O3. The molecule has 0 unspecified atom stereocenters. The zero-order valence-corrected chi connectivity index (χ0v) is 15.0. The number of hydrogen-bond acceptors (Lipinski definition) is 4. The van der Waals surface area contributed by atoms with E-state index in [0.717, 1.165) is 25.1 Å². The van der Waals surface area contributed by atoms with E-state index in [1.54, 1.807) is 12.3 Å². The summed E-state index contributed by atoms with van der Waals surface area (Å²) in [5.41, 5.74) is 2.09. The van der Waals surface area contributed by atoms with Crippen LogP contribution in [0.5, 0.6) is 5.75 Å². The van der Waals surface area contributed by atoms with Crippen molar-refractivity contribution in [2.24, 2.45) is 0 Å². The molecule has 3 aromatic rings. The molecule has 4 rings (SSSR count). The fourth-order valence-corrected chi connectivity index (χ4v) is 3.77. The SMILES string of the molecule is O=C(O)c1cnn2ccc(N3CCC[C@@H]3c3cc(F)ccc3OCCF)cc12. The Labute approximate surface area is 160 Å². The molecule has 0 saturated carbocycles. The van der Waals surface area contributed by atoms with Gasteiger partial charge in [0.2, 0.25) is 0 Å². The molecule has 0 radical (unpaired) electrons.